The molecule has 0 bridgehead atoms. The molecule has 0 saturated carbocycles. The molecule has 0 fully saturated rings. The zero-order valence-electron chi connectivity index (χ0n) is 3.84. The summed E-state index contributed by atoms with van der Waals surface area (Å²) in [5, 5.41) is 0. The van der Waals surface area contributed by atoms with Crippen molar-refractivity contribution in [1.29, 1.82) is 0 Å². The van der Waals surface area contributed by atoms with E-state index in [1.54, 1.807) is 0 Å². The molecule has 0 aliphatic rings. The summed E-state index contributed by atoms with van der Waals surface area (Å²) in [5.41, 5.74) is 9.19. The second-order valence-electron chi connectivity index (χ2n) is 0.641. The van der Waals surface area contributed by atoms with Crippen molar-refractivity contribution in [2.75, 3.05) is 0 Å². The second-order valence-corrected chi connectivity index (χ2v) is 4.38. The van der Waals surface area contributed by atoms with Crippen LogP contribution in [0, 0.1) is 0 Å². The van der Waals surface area contributed by atoms with Crippen LogP contribution in [0.25, 0.3) is 0 Å². The smallest absolute Gasteiger partial charge is 0.157 e. The van der Waals surface area contributed by atoms with Crippen LogP contribution in [0.2, 0.25) is 0 Å². The van der Waals surface area contributed by atoms with Crippen molar-refractivity contribution in [3.05, 3.63) is 0 Å². The Labute approximate surface area is 60.7 Å². The summed E-state index contributed by atoms with van der Waals surface area (Å²) < 4.78 is 0. The highest BCUT2D eigenvalue weighted by molar-refractivity contribution is 8.42. The van der Waals surface area contributed by atoms with E-state index in [1.807, 2.05) is 0 Å². The van der Waals surface area contributed by atoms with E-state index in [4.69, 9.17) is 9.79 Å². The van der Waals surface area contributed by atoms with Gasteiger partial charge in [-0.2, -0.15) is 0 Å². The molecular formula is H8N2O2P2S2. The maximum absolute atomic E-state index is 7.76. The largest absolute Gasteiger partial charge is 0.352 e. The average Bonchev–Trinajstić information content (AvgIpc) is 1.25. The molecule has 2 unspecified atom stereocenters. The Morgan fingerprint density at radius 3 is 1.00 bits per heavy atom. The molecule has 8 heteroatoms. The lowest BCUT2D eigenvalue weighted by Crippen LogP contribution is -1.71. The highest BCUT2D eigenvalue weighted by Gasteiger charge is 1.71. The highest BCUT2D eigenvalue weighted by Crippen LogP contribution is 2.21. The maximum Gasteiger partial charge on any atom is 0.157 e. The molecule has 0 amide bonds. The van der Waals surface area contributed by atoms with Gasteiger partial charge in [-0.05, 0) is 0 Å². The molecule has 0 aliphatic carbocycles. The average molecular weight is 194 g/mol. The summed E-state index contributed by atoms with van der Waals surface area (Å²) in [6.07, 6.45) is 0. The minimum absolute atomic E-state index is 1.43. The van der Waals surface area contributed by atoms with Crippen molar-refractivity contribution in [1.82, 2.24) is 0 Å². The van der Waals surface area contributed by atoms with Crippen LogP contribution < -0.4 is 11.0 Å². The van der Waals surface area contributed by atoms with Crippen LogP contribution in [0.5, 0.6) is 0 Å². The van der Waals surface area contributed by atoms with E-state index in [0.29, 0.717) is 0 Å². The second kappa shape index (κ2) is 8.40. The van der Waals surface area contributed by atoms with Gasteiger partial charge in [0, 0.05) is 0 Å². The standard InChI is InChI=1S/2H4NOPS/c2*1-3(2)4/h2*2,4H,1H2. The Kier molecular flexibility index (Phi) is 12.7. The van der Waals surface area contributed by atoms with E-state index >= 15 is 0 Å². The minimum Gasteiger partial charge on any atom is -0.352 e. The lowest BCUT2D eigenvalue weighted by atomic mass is 13.9. The van der Waals surface area contributed by atoms with Gasteiger partial charge in [0.15, 0.2) is 15.0 Å². The predicted octanol–water partition coefficient (Wildman–Crippen LogP) is 0.188. The first-order valence-corrected chi connectivity index (χ1v) is 6.35. The van der Waals surface area contributed by atoms with E-state index in [0.717, 1.165) is 0 Å². The number of nitrogens with two attached hydrogens (primary N) is 2. The molecule has 52 valence electrons. The fraction of sp³-hybridized carbons (Fsp3) is 0. The van der Waals surface area contributed by atoms with Crippen LogP contribution in [0.15, 0.2) is 0 Å². The molecule has 0 aromatic rings. The van der Waals surface area contributed by atoms with E-state index < -0.39 is 15.0 Å². The van der Waals surface area contributed by atoms with Crippen LogP contribution >= 0.6 is 39.5 Å². The summed E-state index contributed by atoms with van der Waals surface area (Å²) in [6.45, 7) is 0. The minimum atomic E-state index is -1.43. The van der Waals surface area contributed by atoms with E-state index in [1.165, 1.54) is 0 Å². The fourth-order valence-corrected chi connectivity index (χ4v) is 0. The third kappa shape index (κ3) is 155. The van der Waals surface area contributed by atoms with Gasteiger partial charge in [0.05, 0.1) is 0 Å². The maximum atomic E-state index is 7.76. The first-order chi connectivity index (χ1) is 3.46. The van der Waals surface area contributed by atoms with Gasteiger partial charge in [0.25, 0.3) is 0 Å². The summed E-state index contributed by atoms with van der Waals surface area (Å²) in [4.78, 5) is 15.5. The Morgan fingerprint density at radius 1 is 1.00 bits per heavy atom. The van der Waals surface area contributed by atoms with Crippen LogP contribution in [-0.4, -0.2) is 9.79 Å². The molecule has 0 rings (SSSR count). The summed E-state index contributed by atoms with van der Waals surface area (Å²) >= 11 is 6.73. The normalized spacial score (nSPS) is 15.8. The van der Waals surface area contributed by atoms with Crippen molar-refractivity contribution >= 4 is 39.5 Å². The predicted molar refractivity (Wildman–Crippen MR) is 44.6 cm³/mol. The Morgan fingerprint density at radius 2 is 1.00 bits per heavy atom. The highest BCUT2D eigenvalue weighted by atomic mass is 32.7. The number of hydrogen-bond acceptors (Lipinski definition) is 6. The van der Waals surface area contributed by atoms with Gasteiger partial charge < -0.3 is 9.79 Å². The van der Waals surface area contributed by atoms with Crippen LogP contribution in [-0.2, 0) is 0 Å². The molecule has 8 heavy (non-hydrogen) atoms. The summed E-state index contributed by atoms with van der Waals surface area (Å²) in [7, 11) is -2.85. The Bertz CT molecular complexity index is 31.5. The summed E-state index contributed by atoms with van der Waals surface area (Å²) in [6, 6.07) is 0. The van der Waals surface area contributed by atoms with Crippen molar-refractivity contribution in [3.8, 4) is 0 Å². The number of rotatable bonds is 0. The first kappa shape index (κ1) is 12.1. The van der Waals surface area contributed by atoms with E-state index in [9.17, 15) is 0 Å². The van der Waals surface area contributed by atoms with Gasteiger partial charge in [0.2, 0.25) is 0 Å². The van der Waals surface area contributed by atoms with Crippen molar-refractivity contribution in [2.45, 2.75) is 0 Å². The SMILES string of the molecule is NP(O)S.NP(O)S. The lowest BCUT2D eigenvalue weighted by Gasteiger charge is -1.79. The first-order valence-electron chi connectivity index (χ1n) is 1.32. The molecule has 6 N–H and O–H groups in total. The lowest BCUT2D eigenvalue weighted by molar-refractivity contribution is 0.642. The van der Waals surface area contributed by atoms with Crippen LogP contribution in [0.3, 0.4) is 0 Å². The van der Waals surface area contributed by atoms with Crippen molar-refractivity contribution in [3.63, 3.8) is 0 Å². The third-order valence-corrected chi connectivity index (χ3v) is 0. The Hall–Kier alpha value is 1.40. The molecule has 0 aromatic heterocycles. The van der Waals surface area contributed by atoms with Crippen molar-refractivity contribution in [2.24, 2.45) is 11.0 Å². The molecule has 0 radical (unpaired) electrons. The van der Waals surface area contributed by atoms with Gasteiger partial charge >= 0.3 is 0 Å². The van der Waals surface area contributed by atoms with Gasteiger partial charge in [-0.3, -0.25) is 11.0 Å². The molecule has 0 saturated heterocycles. The zero-order valence-corrected chi connectivity index (χ0v) is 7.42. The van der Waals surface area contributed by atoms with Gasteiger partial charge in [-0.25, -0.2) is 0 Å². The van der Waals surface area contributed by atoms with E-state index in [-0.39, 0.29) is 0 Å². The monoisotopic (exact) mass is 194 g/mol. The van der Waals surface area contributed by atoms with Crippen molar-refractivity contribution < 1.29 is 9.79 Å². The molecule has 4 nitrogen and oxygen atoms in total. The summed E-state index contributed by atoms with van der Waals surface area (Å²) in [5.74, 6) is 0. The number of thiol groups is 2. The van der Waals surface area contributed by atoms with E-state index in [2.05, 4.69) is 35.5 Å². The molecule has 0 aromatic carbocycles. The quantitative estimate of drug-likeness (QED) is 0.245. The molecule has 2 atom stereocenters. The molecule has 0 heterocycles. The zero-order chi connectivity index (χ0) is 7.15. The molecule has 0 spiro atoms. The van der Waals surface area contributed by atoms with Crippen LogP contribution in [0.4, 0.5) is 0 Å². The third-order valence-electron chi connectivity index (χ3n) is 0. The van der Waals surface area contributed by atoms with Gasteiger partial charge in [-0.15, -0.1) is 24.5 Å². The molecular weight excluding hydrogens is 186 g/mol. The number of hydrogen-bond donors (Lipinski definition) is 6. The Balaban J connectivity index is 0. The van der Waals surface area contributed by atoms with Gasteiger partial charge in [-0.1, -0.05) is 0 Å². The molecule has 0 aliphatic heterocycles. The van der Waals surface area contributed by atoms with Gasteiger partial charge in [0.1, 0.15) is 0 Å². The topological polar surface area (TPSA) is 92.5 Å². The van der Waals surface area contributed by atoms with Crippen LogP contribution in [0.1, 0.15) is 0 Å². The fourth-order valence-electron chi connectivity index (χ4n) is 0.